The molecule has 1 aliphatic rings. The summed E-state index contributed by atoms with van der Waals surface area (Å²) < 4.78 is 0. The van der Waals surface area contributed by atoms with Crippen molar-refractivity contribution in [3.63, 3.8) is 0 Å². The van der Waals surface area contributed by atoms with Crippen molar-refractivity contribution in [2.24, 2.45) is 5.92 Å². The van der Waals surface area contributed by atoms with E-state index >= 15 is 0 Å². The maximum atomic E-state index is 10.6. The molecule has 5 heteroatoms. The highest BCUT2D eigenvalue weighted by molar-refractivity contribution is 5.77. The van der Waals surface area contributed by atoms with Gasteiger partial charge in [-0.2, -0.15) is 0 Å². The molecule has 1 saturated carbocycles. The van der Waals surface area contributed by atoms with Crippen molar-refractivity contribution in [3.05, 3.63) is 0 Å². The number of carboxylic acid groups (broad SMARTS) is 1. The SMILES string of the molecule is C[C@H]1[C@H](O)C[C@](O)(C(=O)O)C[C@H]1O. The number of rotatable bonds is 1. The fourth-order valence-electron chi connectivity index (χ4n) is 1.58. The fraction of sp³-hybridized carbons (Fsp3) is 0.875. The Kier molecular flexibility index (Phi) is 2.61. The molecule has 0 bridgehead atoms. The molecule has 1 rings (SSSR count). The van der Waals surface area contributed by atoms with Gasteiger partial charge < -0.3 is 20.4 Å². The van der Waals surface area contributed by atoms with Gasteiger partial charge >= 0.3 is 5.97 Å². The minimum Gasteiger partial charge on any atom is -0.479 e. The molecule has 2 atom stereocenters. The van der Waals surface area contributed by atoms with E-state index in [1.54, 1.807) is 6.92 Å². The Bertz CT molecular complexity index is 203. The van der Waals surface area contributed by atoms with Crippen molar-refractivity contribution in [3.8, 4) is 0 Å². The van der Waals surface area contributed by atoms with E-state index in [4.69, 9.17) is 5.11 Å². The van der Waals surface area contributed by atoms with Gasteiger partial charge in [0.2, 0.25) is 0 Å². The molecule has 0 aromatic heterocycles. The lowest BCUT2D eigenvalue weighted by Crippen LogP contribution is -2.52. The fourth-order valence-corrected chi connectivity index (χ4v) is 1.58. The number of hydrogen-bond donors (Lipinski definition) is 4. The molecule has 0 aromatic rings. The Hall–Kier alpha value is -0.650. The summed E-state index contributed by atoms with van der Waals surface area (Å²) >= 11 is 0. The Morgan fingerprint density at radius 2 is 1.69 bits per heavy atom. The van der Waals surface area contributed by atoms with E-state index < -0.39 is 23.8 Å². The van der Waals surface area contributed by atoms with E-state index in [-0.39, 0.29) is 18.8 Å². The Labute approximate surface area is 75.6 Å². The van der Waals surface area contributed by atoms with Crippen LogP contribution in [-0.2, 0) is 4.79 Å². The van der Waals surface area contributed by atoms with Crippen LogP contribution in [0.3, 0.4) is 0 Å². The average molecular weight is 190 g/mol. The Morgan fingerprint density at radius 3 is 2.00 bits per heavy atom. The summed E-state index contributed by atoms with van der Waals surface area (Å²) in [6, 6.07) is 0. The van der Waals surface area contributed by atoms with E-state index in [0.29, 0.717) is 0 Å². The predicted molar refractivity (Wildman–Crippen MR) is 43.0 cm³/mol. The lowest BCUT2D eigenvalue weighted by molar-refractivity contribution is -0.177. The lowest BCUT2D eigenvalue weighted by Gasteiger charge is -2.38. The van der Waals surface area contributed by atoms with Crippen LogP contribution in [0.2, 0.25) is 0 Å². The number of aliphatic hydroxyl groups excluding tert-OH is 2. The molecule has 0 saturated heterocycles. The first kappa shape index (κ1) is 10.4. The van der Waals surface area contributed by atoms with E-state index in [1.807, 2.05) is 0 Å². The maximum absolute atomic E-state index is 10.6. The standard InChI is InChI=1S/C8H14O5/c1-4-5(9)2-8(13,7(11)12)3-6(4)10/h4-6,9-10,13H,2-3H2,1H3,(H,11,12)/t4-,5-,6-,8+/m1/s1. The average Bonchev–Trinajstić information content (AvgIpc) is 2.00. The quantitative estimate of drug-likeness (QED) is 0.423. The second kappa shape index (κ2) is 3.25. The van der Waals surface area contributed by atoms with Crippen molar-refractivity contribution in [1.82, 2.24) is 0 Å². The molecule has 1 aliphatic carbocycles. The van der Waals surface area contributed by atoms with Gasteiger partial charge in [-0.1, -0.05) is 6.92 Å². The van der Waals surface area contributed by atoms with Crippen molar-refractivity contribution in [2.45, 2.75) is 37.6 Å². The van der Waals surface area contributed by atoms with E-state index in [1.165, 1.54) is 0 Å². The van der Waals surface area contributed by atoms with Crippen molar-refractivity contribution >= 4 is 5.97 Å². The highest BCUT2D eigenvalue weighted by atomic mass is 16.4. The third-order valence-corrected chi connectivity index (χ3v) is 2.71. The van der Waals surface area contributed by atoms with E-state index in [2.05, 4.69) is 0 Å². The minimum atomic E-state index is -1.98. The topological polar surface area (TPSA) is 98.0 Å². The third kappa shape index (κ3) is 1.82. The van der Waals surface area contributed by atoms with Gasteiger partial charge in [0, 0.05) is 18.8 Å². The highest BCUT2D eigenvalue weighted by Gasteiger charge is 2.47. The van der Waals surface area contributed by atoms with Gasteiger partial charge in [0.1, 0.15) is 0 Å². The zero-order valence-corrected chi connectivity index (χ0v) is 7.34. The Balaban J connectivity index is 2.79. The molecular formula is C8H14O5. The van der Waals surface area contributed by atoms with Crippen LogP contribution in [0.5, 0.6) is 0 Å². The highest BCUT2D eigenvalue weighted by Crippen LogP contribution is 2.32. The summed E-state index contributed by atoms with van der Waals surface area (Å²) in [5.41, 5.74) is -1.98. The van der Waals surface area contributed by atoms with Crippen molar-refractivity contribution in [2.75, 3.05) is 0 Å². The van der Waals surface area contributed by atoms with E-state index in [9.17, 15) is 20.1 Å². The van der Waals surface area contributed by atoms with Crippen LogP contribution in [-0.4, -0.2) is 44.2 Å². The van der Waals surface area contributed by atoms with Crippen molar-refractivity contribution in [1.29, 1.82) is 0 Å². The van der Waals surface area contributed by atoms with Gasteiger partial charge in [0.05, 0.1) is 12.2 Å². The molecule has 0 spiro atoms. The van der Waals surface area contributed by atoms with Gasteiger partial charge in [-0.3, -0.25) is 0 Å². The minimum absolute atomic E-state index is 0.222. The molecule has 1 fully saturated rings. The monoisotopic (exact) mass is 190 g/mol. The first-order chi connectivity index (χ1) is 5.87. The molecule has 13 heavy (non-hydrogen) atoms. The number of carbonyl (C=O) groups is 1. The Morgan fingerprint density at radius 1 is 1.31 bits per heavy atom. The molecule has 4 N–H and O–H groups in total. The number of aliphatic carboxylic acids is 1. The van der Waals surface area contributed by atoms with Gasteiger partial charge in [-0.05, 0) is 0 Å². The molecule has 0 aliphatic heterocycles. The van der Waals surface area contributed by atoms with Crippen LogP contribution in [0.1, 0.15) is 19.8 Å². The van der Waals surface area contributed by atoms with Crippen LogP contribution in [0, 0.1) is 5.92 Å². The molecular weight excluding hydrogens is 176 g/mol. The first-order valence-electron chi connectivity index (χ1n) is 4.19. The predicted octanol–water partition coefficient (Wildman–Crippen LogP) is -1.05. The number of hydrogen-bond acceptors (Lipinski definition) is 4. The molecule has 0 unspecified atom stereocenters. The molecule has 0 amide bonds. The summed E-state index contributed by atoms with van der Waals surface area (Å²) in [5.74, 6) is -1.78. The van der Waals surface area contributed by atoms with E-state index in [0.717, 1.165) is 0 Å². The summed E-state index contributed by atoms with van der Waals surface area (Å²) in [5, 5.41) is 36.8. The number of aliphatic hydroxyl groups is 3. The molecule has 5 nitrogen and oxygen atoms in total. The van der Waals surface area contributed by atoms with Gasteiger partial charge in [0.25, 0.3) is 0 Å². The molecule has 0 heterocycles. The molecule has 76 valence electrons. The van der Waals surface area contributed by atoms with Crippen LogP contribution >= 0.6 is 0 Å². The van der Waals surface area contributed by atoms with Crippen molar-refractivity contribution < 1.29 is 25.2 Å². The zero-order chi connectivity index (χ0) is 10.2. The second-order valence-electron chi connectivity index (χ2n) is 3.74. The van der Waals surface area contributed by atoms with Crippen LogP contribution in [0.25, 0.3) is 0 Å². The second-order valence-corrected chi connectivity index (χ2v) is 3.74. The summed E-state index contributed by atoms with van der Waals surface area (Å²) in [6.45, 7) is 1.62. The normalized spacial score (nSPS) is 46.0. The van der Waals surface area contributed by atoms with Crippen LogP contribution < -0.4 is 0 Å². The summed E-state index contributed by atoms with van der Waals surface area (Å²) in [4.78, 5) is 10.6. The van der Waals surface area contributed by atoms with Gasteiger partial charge in [-0.25, -0.2) is 4.79 Å². The molecule has 0 radical (unpaired) electrons. The smallest absolute Gasteiger partial charge is 0.335 e. The largest absolute Gasteiger partial charge is 0.479 e. The van der Waals surface area contributed by atoms with Gasteiger partial charge in [0.15, 0.2) is 5.60 Å². The maximum Gasteiger partial charge on any atom is 0.335 e. The third-order valence-electron chi connectivity index (χ3n) is 2.71. The summed E-state index contributed by atoms with van der Waals surface area (Å²) in [6.07, 6.45) is -2.38. The lowest BCUT2D eigenvalue weighted by atomic mass is 9.76. The van der Waals surface area contributed by atoms with Crippen LogP contribution in [0.4, 0.5) is 0 Å². The molecule has 0 aromatic carbocycles. The first-order valence-corrected chi connectivity index (χ1v) is 4.19. The van der Waals surface area contributed by atoms with Crippen LogP contribution in [0.15, 0.2) is 0 Å². The number of carboxylic acids is 1. The summed E-state index contributed by atoms with van der Waals surface area (Å²) in [7, 11) is 0. The zero-order valence-electron chi connectivity index (χ0n) is 7.34. The van der Waals surface area contributed by atoms with Gasteiger partial charge in [-0.15, -0.1) is 0 Å².